The summed E-state index contributed by atoms with van der Waals surface area (Å²) in [6.45, 7) is 8.36. The van der Waals surface area contributed by atoms with Gasteiger partial charge in [-0.1, -0.05) is 13.8 Å². The molecule has 0 aliphatic heterocycles. The van der Waals surface area contributed by atoms with E-state index in [4.69, 9.17) is 10.5 Å². The predicted octanol–water partition coefficient (Wildman–Crippen LogP) is 2.44. The first kappa shape index (κ1) is 15.8. The number of nitrogens with two attached hydrogens (primary N) is 1. The van der Waals surface area contributed by atoms with E-state index in [0.717, 1.165) is 18.1 Å². The van der Waals surface area contributed by atoms with E-state index in [1.165, 1.54) is 5.75 Å². The van der Waals surface area contributed by atoms with Crippen LogP contribution in [0.25, 0.3) is 0 Å². The molecule has 0 fully saturated rings. The third-order valence-corrected chi connectivity index (χ3v) is 3.66. The van der Waals surface area contributed by atoms with Crippen LogP contribution in [-0.4, -0.2) is 29.6 Å². The first-order valence-corrected chi connectivity index (χ1v) is 7.09. The van der Waals surface area contributed by atoms with Crippen molar-refractivity contribution in [2.24, 2.45) is 11.7 Å². The van der Waals surface area contributed by atoms with Gasteiger partial charge in [-0.3, -0.25) is 4.79 Å². The molecule has 0 bridgehead atoms. The average molecular weight is 247 g/mol. The van der Waals surface area contributed by atoms with Crippen LogP contribution in [0.3, 0.4) is 0 Å². The van der Waals surface area contributed by atoms with Crippen molar-refractivity contribution >= 4 is 17.7 Å². The van der Waals surface area contributed by atoms with Crippen LogP contribution in [-0.2, 0) is 9.53 Å². The molecule has 0 aromatic rings. The minimum absolute atomic E-state index is 0.288. The SMILES string of the molecule is CCOC(=O)C(C)(N)CCCSCC(C)C. The number of rotatable bonds is 8. The van der Waals surface area contributed by atoms with E-state index in [1.807, 2.05) is 11.8 Å². The number of hydrogen-bond acceptors (Lipinski definition) is 4. The van der Waals surface area contributed by atoms with Crippen molar-refractivity contribution < 1.29 is 9.53 Å². The van der Waals surface area contributed by atoms with Gasteiger partial charge in [-0.05, 0) is 44.1 Å². The Hall–Kier alpha value is -0.220. The zero-order valence-electron chi connectivity index (χ0n) is 10.9. The van der Waals surface area contributed by atoms with Crippen LogP contribution in [0.5, 0.6) is 0 Å². The lowest BCUT2D eigenvalue weighted by Crippen LogP contribution is -2.46. The molecule has 96 valence electrons. The molecule has 2 N–H and O–H groups in total. The lowest BCUT2D eigenvalue weighted by Gasteiger charge is -2.21. The Morgan fingerprint density at radius 1 is 1.50 bits per heavy atom. The van der Waals surface area contributed by atoms with E-state index >= 15 is 0 Å². The van der Waals surface area contributed by atoms with Crippen molar-refractivity contribution in [1.29, 1.82) is 0 Å². The van der Waals surface area contributed by atoms with Crippen LogP contribution in [0.15, 0.2) is 0 Å². The fourth-order valence-electron chi connectivity index (χ4n) is 1.26. The van der Waals surface area contributed by atoms with Crippen LogP contribution < -0.4 is 5.73 Å². The van der Waals surface area contributed by atoms with Gasteiger partial charge in [0.25, 0.3) is 0 Å². The molecule has 0 amide bonds. The molecule has 1 unspecified atom stereocenters. The van der Waals surface area contributed by atoms with E-state index < -0.39 is 5.54 Å². The van der Waals surface area contributed by atoms with Gasteiger partial charge >= 0.3 is 5.97 Å². The molecule has 0 aromatic heterocycles. The summed E-state index contributed by atoms with van der Waals surface area (Å²) in [5.41, 5.74) is 5.08. The predicted molar refractivity (Wildman–Crippen MR) is 70.6 cm³/mol. The summed E-state index contributed by atoms with van der Waals surface area (Å²) in [7, 11) is 0. The van der Waals surface area contributed by atoms with Crippen molar-refractivity contribution in [2.45, 2.75) is 46.1 Å². The van der Waals surface area contributed by atoms with Crippen molar-refractivity contribution in [3.63, 3.8) is 0 Å². The molecule has 1 atom stereocenters. The molecule has 0 saturated carbocycles. The molecule has 0 spiro atoms. The Bertz CT molecular complexity index is 205. The van der Waals surface area contributed by atoms with Crippen molar-refractivity contribution in [2.75, 3.05) is 18.1 Å². The van der Waals surface area contributed by atoms with Crippen molar-refractivity contribution in [1.82, 2.24) is 0 Å². The Kier molecular flexibility index (Phi) is 7.85. The lowest BCUT2D eigenvalue weighted by molar-refractivity contribution is -0.149. The monoisotopic (exact) mass is 247 g/mol. The standard InChI is InChI=1S/C12H25NO2S/c1-5-15-11(14)12(4,13)7-6-8-16-9-10(2)3/h10H,5-9,13H2,1-4H3. The van der Waals surface area contributed by atoms with Crippen LogP contribution in [0, 0.1) is 5.92 Å². The van der Waals surface area contributed by atoms with Crippen molar-refractivity contribution in [3.05, 3.63) is 0 Å². The molecule has 0 rings (SSSR count). The maximum Gasteiger partial charge on any atom is 0.325 e. The van der Waals surface area contributed by atoms with Gasteiger partial charge in [0.05, 0.1) is 6.61 Å². The largest absolute Gasteiger partial charge is 0.465 e. The van der Waals surface area contributed by atoms with Gasteiger partial charge in [-0.25, -0.2) is 0 Å². The highest BCUT2D eigenvalue weighted by molar-refractivity contribution is 7.99. The maximum absolute atomic E-state index is 11.5. The Morgan fingerprint density at radius 2 is 2.12 bits per heavy atom. The highest BCUT2D eigenvalue weighted by atomic mass is 32.2. The number of carbonyl (C=O) groups is 1. The minimum Gasteiger partial charge on any atom is -0.465 e. The second kappa shape index (κ2) is 7.96. The van der Waals surface area contributed by atoms with Gasteiger partial charge < -0.3 is 10.5 Å². The van der Waals surface area contributed by atoms with E-state index in [0.29, 0.717) is 13.0 Å². The Morgan fingerprint density at radius 3 is 2.62 bits per heavy atom. The first-order chi connectivity index (χ1) is 7.40. The maximum atomic E-state index is 11.5. The summed E-state index contributed by atoms with van der Waals surface area (Å²) in [5.74, 6) is 2.66. The minimum atomic E-state index is -0.825. The summed E-state index contributed by atoms with van der Waals surface area (Å²) < 4.78 is 4.93. The number of carbonyl (C=O) groups excluding carboxylic acids is 1. The number of thioether (sulfide) groups is 1. The second-order valence-electron chi connectivity index (χ2n) is 4.71. The summed E-state index contributed by atoms with van der Waals surface area (Å²) in [4.78, 5) is 11.5. The molecule has 0 aromatic carbocycles. The zero-order chi connectivity index (χ0) is 12.6. The van der Waals surface area contributed by atoms with Crippen LogP contribution in [0.4, 0.5) is 0 Å². The van der Waals surface area contributed by atoms with E-state index in [-0.39, 0.29) is 5.97 Å². The summed E-state index contributed by atoms with van der Waals surface area (Å²) in [5, 5.41) is 0. The van der Waals surface area contributed by atoms with Gasteiger partial charge in [0.15, 0.2) is 0 Å². The molecule has 0 aliphatic carbocycles. The quantitative estimate of drug-likeness (QED) is 0.529. The van der Waals surface area contributed by atoms with E-state index in [1.54, 1.807) is 13.8 Å². The van der Waals surface area contributed by atoms with Crippen LogP contribution in [0.2, 0.25) is 0 Å². The van der Waals surface area contributed by atoms with E-state index in [9.17, 15) is 4.79 Å². The van der Waals surface area contributed by atoms with Gasteiger partial charge in [-0.15, -0.1) is 0 Å². The normalized spacial score (nSPS) is 14.9. The van der Waals surface area contributed by atoms with Gasteiger partial charge in [0.1, 0.15) is 5.54 Å². The van der Waals surface area contributed by atoms with Crippen LogP contribution in [0.1, 0.15) is 40.5 Å². The number of ether oxygens (including phenoxy) is 1. The molecule has 0 radical (unpaired) electrons. The molecule has 16 heavy (non-hydrogen) atoms. The van der Waals surface area contributed by atoms with Gasteiger partial charge in [0.2, 0.25) is 0 Å². The summed E-state index contributed by atoms with van der Waals surface area (Å²) in [6.07, 6.45) is 1.65. The molecule has 0 aliphatic rings. The molecule has 0 heterocycles. The third kappa shape index (κ3) is 7.12. The first-order valence-electron chi connectivity index (χ1n) is 5.94. The van der Waals surface area contributed by atoms with Crippen LogP contribution >= 0.6 is 11.8 Å². The second-order valence-corrected chi connectivity index (χ2v) is 5.86. The fraction of sp³-hybridized carbons (Fsp3) is 0.917. The lowest BCUT2D eigenvalue weighted by atomic mass is 9.98. The molecular weight excluding hydrogens is 222 g/mol. The van der Waals surface area contributed by atoms with Crippen molar-refractivity contribution in [3.8, 4) is 0 Å². The highest BCUT2D eigenvalue weighted by Crippen LogP contribution is 2.15. The Labute approximate surface area is 103 Å². The average Bonchev–Trinajstić information content (AvgIpc) is 2.17. The Balaban J connectivity index is 3.69. The molecule has 4 heteroatoms. The highest BCUT2D eigenvalue weighted by Gasteiger charge is 2.28. The third-order valence-electron chi connectivity index (χ3n) is 2.18. The van der Waals surface area contributed by atoms with Gasteiger partial charge in [0, 0.05) is 0 Å². The fourth-order valence-corrected chi connectivity index (χ4v) is 2.25. The number of hydrogen-bond donors (Lipinski definition) is 1. The zero-order valence-corrected chi connectivity index (χ0v) is 11.7. The van der Waals surface area contributed by atoms with E-state index in [2.05, 4.69) is 13.8 Å². The number of esters is 1. The molecule has 3 nitrogen and oxygen atoms in total. The molecule has 0 saturated heterocycles. The smallest absolute Gasteiger partial charge is 0.325 e. The summed E-state index contributed by atoms with van der Waals surface area (Å²) in [6, 6.07) is 0. The summed E-state index contributed by atoms with van der Waals surface area (Å²) >= 11 is 1.92. The topological polar surface area (TPSA) is 52.3 Å². The van der Waals surface area contributed by atoms with Gasteiger partial charge in [-0.2, -0.15) is 11.8 Å². The molecular formula is C12H25NO2S.